The van der Waals surface area contributed by atoms with Crippen molar-refractivity contribution in [3.05, 3.63) is 87.5 Å². The van der Waals surface area contributed by atoms with E-state index in [0.717, 1.165) is 16.5 Å². The molecule has 3 N–H and O–H groups in total. The Morgan fingerprint density at radius 1 is 0.919 bits per heavy atom. The van der Waals surface area contributed by atoms with Gasteiger partial charge in [0.25, 0.3) is 5.91 Å². The summed E-state index contributed by atoms with van der Waals surface area (Å²) in [6.45, 7) is 4.45. The van der Waals surface area contributed by atoms with Crippen molar-refractivity contribution in [2.24, 2.45) is 0 Å². The normalized spacial score (nSPS) is 10.7. The van der Waals surface area contributed by atoms with Crippen molar-refractivity contribution in [1.29, 1.82) is 0 Å². The fourth-order valence-corrected chi connectivity index (χ4v) is 4.09. The van der Waals surface area contributed by atoms with E-state index in [1.807, 2.05) is 13.8 Å². The van der Waals surface area contributed by atoms with E-state index < -0.39 is 17.7 Å². The Kier molecular flexibility index (Phi) is 8.15. The van der Waals surface area contributed by atoms with Gasteiger partial charge in [-0.2, -0.15) is 0 Å². The molecule has 3 amide bonds. The third-order valence-electron chi connectivity index (χ3n) is 5.43. The highest BCUT2D eigenvalue weighted by atomic mass is 79.9. The number of ether oxygens (including phenoxy) is 1. The highest BCUT2D eigenvalue weighted by Gasteiger charge is 2.21. The summed E-state index contributed by atoms with van der Waals surface area (Å²) in [5.41, 5.74) is 5.00. The third-order valence-corrected chi connectivity index (χ3v) is 6.33. The molecule has 0 aliphatic heterocycles. The van der Waals surface area contributed by atoms with Crippen molar-refractivity contribution in [2.75, 3.05) is 22.7 Å². The largest absolute Gasteiger partial charge is 0.494 e. The molecule has 0 fully saturated rings. The lowest BCUT2D eigenvalue weighted by Crippen LogP contribution is -2.36. The molecule has 0 saturated carbocycles. The van der Waals surface area contributed by atoms with Crippen molar-refractivity contribution < 1.29 is 19.1 Å². The van der Waals surface area contributed by atoms with Crippen molar-refractivity contribution in [1.82, 2.24) is 4.68 Å². The standard InChI is InChI=1S/C27H24BrClN4O4/c1-3-12-37-21-9-7-19(8-10-21)30-26(35)27(36)32-33-23-11-5-18(28)13-17(23)14-24(33)25(34)31-20-6-4-16(2)22(29)15-20/h4-11,13-15H,3,12H2,1-2H3,(H,30,35)(H,31,34)(H,32,36). The average molecular weight is 584 g/mol. The summed E-state index contributed by atoms with van der Waals surface area (Å²) in [5, 5.41) is 6.53. The smallest absolute Gasteiger partial charge is 0.328 e. The topological polar surface area (TPSA) is 101 Å². The molecule has 0 bridgehead atoms. The number of nitrogens with one attached hydrogen (secondary N) is 3. The van der Waals surface area contributed by atoms with E-state index >= 15 is 0 Å². The predicted molar refractivity (Wildman–Crippen MR) is 149 cm³/mol. The first-order valence-electron chi connectivity index (χ1n) is 11.5. The molecule has 0 atom stereocenters. The molecule has 0 saturated heterocycles. The van der Waals surface area contributed by atoms with Crippen LogP contribution in [0.15, 0.2) is 71.2 Å². The van der Waals surface area contributed by atoms with Crippen LogP contribution in [-0.4, -0.2) is 29.0 Å². The molecule has 0 radical (unpaired) electrons. The van der Waals surface area contributed by atoms with Crippen LogP contribution in [0.25, 0.3) is 10.9 Å². The fraction of sp³-hybridized carbons (Fsp3) is 0.148. The van der Waals surface area contributed by atoms with Gasteiger partial charge in [-0.1, -0.05) is 40.5 Å². The van der Waals surface area contributed by atoms with Crippen LogP contribution in [0.2, 0.25) is 5.02 Å². The molecule has 1 aromatic heterocycles. The summed E-state index contributed by atoms with van der Waals surface area (Å²) in [7, 11) is 0. The number of hydrogen-bond acceptors (Lipinski definition) is 4. The summed E-state index contributed by atoms with van der Waals surface area (Å²) >= 11 is 9.60. The van der Waals surface area contributed by atoms with Gasteiger partial charge in [-0.05, 0) is 79.6 Å². The molecular weight excluding hydrogens is 560 g/mol. The first-order valence-corrected chi connectivity index (χ1v) is 12.7. The maximum Gasteiger partial charge on any atom is 0.328 e. The van der Waals surface area contributed by atoms with Crippen LogP contribution >= 0.6 is 27.5 Å². The Morgan fingerprint density at radius 2 is 1.65 bits per heavy atom. The zero-order valence-electron chi connectivity index (χ0n) is 20.1. The Bertz CT molecular complexity index is 1480. The van der Waals surface area contributed by atoms with Crippen molar-refractivity contribution in [3.63, 3.8) is 0 Å². The fourth-order valence-electron chi connectivity index (χ4n) is 3.53. The average Bonchev–Trinajstić information content (AvgIpc) is 3.23. The molecule has 0 aliphatic carbocycles. The maximum absolute atomic E-state index is 13.2. The second-order valence-corrected chi connectivity index (χ2v) is 9.58. The van der Waals surface area contributed by atoms with Gasteiger partial charge in [0.2, 0.25) is 0 Å². The predicted octanol–water partition coefficient (Wildman–Crippen LogP) is 6.12. The van der Waals surface area contributed by atoms with E-state index in [2.05, 4.69) is 32.0 Å². The van der Waals surface area contributed by atoms with Crippen LogP contribution in [0.5, 0.6) is 5.75 Å². The van der Waals surface area contributed by atoms with E-state index in [4.69, 9.17) is 16.3 Å². The summed E-state index contributed by atoms with van der Waals surface area (Å²) in [4.78, 5) is 38.6. The minimum Gasteiger partial charge on any atom is -0.494 e. The number of amides is 3. The number of hydrogen-bond donors (Lipinski definition) is 3. The molecule has 0 unspecified atom stereocenters. The van der Waals surface area contributed by atoms with Gasteiger partial charge < -0.3 is 15.4 Å². The van der Waals surface area contributed by atoms with E-state index in [1.54, 1.807) is 66.7 Å². The quantitative estimate of drug-likeness (QED) is 0.228. The van der Waals surface area contributed by atoms with Gasteiger partial charge in [0, 0.05) is 26.3 Å². The van der Waals surface area contributed by atoms with Gasteiger partial charge in [0.1, 0.15) is 11.4 Å². The molecule has 1 heterocycles. The second kappa shape index (κ2) is 11.5. The van der Waals surface area contributed by atoms with E-state index in [1.165, 1.54) is 4.68 Å². The summed E-state index contributed by atoms with van der Waals surface area (Å²) < 4.78 is 7.61. The first kappa shape index (κ1) is 26.2. The van der Waals surface area contributed by atoms with Crippen LogP contribution < -0.4 is 20.8 Å². The number of benzene rings is 3. The lowest BCUT2D eigenvalue weighted by Gasteiger charge is -2.13. The highest BCUT2D eigenvalue weighted by molar-refractivity contribution is 9.10. The number of aryl methyl sites for hydroxylation is 1. The number of aromatic nitrogens is 1. The Morgan fingerprint density at radius 3 is 2.35 bits per heavy atom. The molecule has 4 rings (SSSR count). The molecule has 4 aromatic rings. The lowest BCUT2D eigenvalue weighted by molar-refractivity contribution is -0.133. The zero-order chi connectivity index (χ0) is 26.5. The van der Waals surface area contributed by atoms with Crippen molar-refractivity contribution >= 4 is 67.5 Å². The third kappa shape index (κ3) is 6.31. The molecule has 10 heteroatoms. The highest BCUT2D eigenvalue weighted by Crippen LogP contribution is 2.25. The second-order valence-electron chi connectivity index (χ2n) is 8.25. The van der Waals surface area contributed by atoms with Crippen LogP contribution in [0.1, 0.15) is 29.4 Å². The van der Waals surface area contributed by atoms with E-state index in [9.17, 15) is 14.4 Å². The molecule has 8 nitrogen and oxygen atoms in total. The lowest BCUT2D eigenvalue weighted by atomic mass is 10.2. The minimum atomic E-state index is -0.945. The zero-order valence-corrected chi connectivity index (χ0v) is 22.4. The number of carbonyl (C=O) groups is 3. The van der Waals surface area contributed by atoms with Gasteiger partial charge in [0.15, 0.2) is 0 Å². The molecule has 190 valence electrons. The molecule has 0 aliphatic rings. The number of halogens is 2. The summed E-state index contributed by atoms with van der Waals surface area (Å²) in [6.07, 6.45) is 0.877. The van der Waals surface area contributed by atoms with Gasteiger partial charge >= 0.3 is 11.8 Å². The van der Waals surface area contributed by atoms with E-state index in [0.29, 0.717) is 39.7 Å². The van der Waals surface area contributed by atoms with E-state index in [-0.39, 0.29) is 5.69 Å². The Balaban J connectivity index is 1.55. The van der Waals surface area contributed by atoms with Gasteiger partial charge in [-0.25, -0.2) is 4.68 Å². The summed E-state index contributed by atoms with van der Waals surface area (Å²) in [5.74, 6) is -1.66. The van der Waals surface area contributed by atoms with Gasteiger partial charge in [0.05, 0.1) is 12.1 Å². The van der Waals surface area contributed by atoms with Crippen LogP contribution in [-0.2, 0) is 9.59 Å². The van der Waals surface area contributed by atoms with Crippen LogP contribution in [0.3, 0.4) is 0 Å². The van der Waals surface area contributed by atoms with Crippen LogP contribution in [0, 0.1) is 6.92 Å². The Labute approximate surface area is 227 Å². The molecule has 0 spiro atoms. The number of fused-ring (bicyclic) bond motifs is 1. The monoisotopic (exact) mass is 582 g/mol. The Hall–Kier alpha value is -3.82. The van der Waals surface area contributed by atoms with Gasteiger partial charge in [-0.15, -0.1) is 0 Å². The van der Waals surface area contributed by atoms with Crippen molar-refractivity contribution in [3.8, 4) is 5.75 Å². The van der Waals surface area contributed by atoms with Gasteiger partial charge in [-0.3, -0.25) is 19.8 Å². The SMILES string of the molecule is CCCOc1ccc(NC(=O)C(=O)Nn2c(C(=O)Nc3ccc(C)c(Cl)c3)cc3cc(Br)ccc32)cc1. The molecule has 37 heavy (non-hydrogen) atoms. The first-order chi connectivity index (χ1) is 17.7. The number of rotatable bonds is 7. The van der Waals surface area contributed by atoms with Crippen molar-refractivity contribution in [2.45, 2.75) is 20.3 Å². The number of anilines is 2. The molecule has 3 aromatic carbocycles. The molecular formula is C27H24BrClN4O4. The van der Waals surface area contributed by atoms with Crippen LogP contribution in [0.4, 0.5) is 11.4 Å². The minimum absolute atomic E-state index is 0.128. The summed E-state index contributed by atoms with van der Waals surface area (Å²) in [6, 6.07) is 18.8. The number of nitrogens with zero attached hydrogens (tertiary/aromatic N) is 1. The maximum atomic E-state index is 13.2. The number of carbonyl (C=O) groups excluding carboxylic acids is 3.